The largest absolute Gasteiger partial charge is 0.439 e. The lowest BCUT2D eigenvalue weighted by Gasteiger charge is -2.35. The highest BCUT2D eigenvalue weighted by molar-refractivity contribution is 6.30. The molecule has 0 aliphatic carbocycles. The summed E-state index contributed by atoms with van der Waals surface area (Å²) in [4.78, 5) is 15.3. The standard InChI is InChI=1S/C22H25ClN4O4/c1-12-10-27(11-13(2)29-12)21(28)19-15(4)31-25-20(19)18-14(3)24-26(5)22(18)30-17-8-6-16(23)7-9-17/h6-9,12-13H,10-11H2,1-5H3/t12-,13+. The zero-order valence-electron chi connectivity index (χ0n) is 18.2. The monoisotopic (exact) mass is 444 g/mol. The second kappa shape index (κ2) is 8.36. The number of benzene rings is 1. The molecule has 1 saturated heterocycles. The van der Waals surface area contributed by atoms with Crippen molar-refractivity contribution in [1.29, 1.82) is 0 Å². The molecule has 9 heteroatoms. The van der Waals surface area contributed by atoms with Crippen LogP contribution in [0.4, 0.5) is 0 Å². The average molecular weight is 445 g/mol. The second-order valence-electron chi connectivity index (χ2n) is 7.87. The normalized spacial score (nSPS) is 19.0. The van der Waals surface area contributed by atoms with Gasteiger partial charge in [0.25, 0.3) is 5.91 Å². The van der Waals surface area contributed by atoms with Gasteiger partial charge in [0.2, 0.25) is 5.88 Å². The van der Waals surface area contributed by atoms with Gasteiger partial charge in [-0.15, -0.1) is 0 Å². The van der Waals surface area contributed by atoms with Gasteiger partial charge < -0.3 is 18.9 Å². The molecule has 8 nitrogen and oxygen atoms in total. The summed E-state index contributed by atoms with van der Waals surface area (Å²) >= 11 is 5.98. The first-order valence-electron chi connectivity index (χ1n) is 10.1. The first kappa shape index (κ1) is 21.4. The maximum atomic E-state index is 13.5. The fourth-order valence-corrected chi connectivity index (χ4v) is 4.06. The zero-order valence-corrected chi connectivity index (χ0v) is 18.9. The van der Waals surface area contributed by atoms with Gasteiger partial charge in [0.15, 0.2) is 0 Å². The molecule has 0 unspecified atom stereocenters. The number of hydrogen-bond donors (Lipinski definition) is 0. The van der Waals surface area contributed by atoms with Gasteiger partial charge >= 0.3 is 0 Å². The van der Waals surface area contributed by atoms with Crippen LogP contribution in [-0.2, 0) is 11.8 Å². The molecular formula is C22H25ClN4O4. The Bertz CT molecular complexity index is 1100. The molecule has 1 amide bonds. The van der Waals surface area contributed by atoms with Crippen molar-refractivity contribution in [3.63, 3.8) is 0 Å². The highest BCUT2D eigenvalue weighted by atomic mass is 35.5. The van der Waals surface area contributed by atoms with Crippen molar-refractivity contribution in [2.75, 3.05) is 13.1 Å². The fraction of sp³-hybridized carbons (Fsp3) is 0.409. The van der Waals surface area contributed by atoms with Crippen LogP contribution >= 0.6 is 11.6 Å². The molecule has 1 aliphatic heterocycles. The van der Waals surface area contributed by atoms with E-state index in [4.69, 9.17) is 25.6 Å². The van der Waals surface area contributed by atoms with E-state index in [2.05, 4.69) is 10.3 Å². The van der Waals surface area contributed by atoms with Crippen LogP contribution in [0.1, 0.15) is 35.7 Å². The third kappa shape index (κ3) is 4.18. The molecule has 164 valence electrons. The Balaban J connectivity index is 1.74. The maximum Gasteiger partial charge on any atom is 0.259 e. The Morgan fingerprint density at radius 3 is 2.45 bits per heavy atom. The summed E-state index contributed by atoms with van der Waals surface area (Å²) in [6, 6.07) is 7.03. The van der Waals surface area contributed by atoms with E-state index in [9.17, 15) is 4.79 Å². The Hall–Kier alpha value is -2.84. The molecule has 0 spiro atoms. The number of aromatic nitrogens is 3. The van der Waals surface area contributed by atoms with E-state index in [-0.39, 0.29) is 18.1 Å². The van der Waals surface area contributed by atoms with E-state index >= 15 is 0 Å². The molecule has 0 radical (unpaired) electrons. The molecule has 3 aromatic rings. The lowest BCUT2D eigenvalue weighted by Crippen LogP contribution is -2.48. The lowest BCUT2D eigenvalue weighted by atomic mass is 10.0. The minimum Gasteiger partial charge on any atom is -0.439 e. The van der Waals surface area contributed by atoms with Gasteiger partial charge in [0.05, 0.1) is 23.5 Å². The van der Waals surface area contributed by atoms with E-state index in [1.807, 2.05) is 20.8 Å². The third-order valence-corrected chi connectivity index (χ3v) is 5.47. The molecule has 0 N–H and O–H groups in total. The van der Waals surface area contributed by atoms with Crippen molar-refractivity contribution in [3.05, 3.63) is 46.3 Å². The van der Waals surface area contributed by atoms with Gasteiger partial charge in [-0.2, -0.15) is 5.10 Å². The number of nitrogens with zero attached hydrogens (tertiary/aromatic N) is 4. The van der Waals surface area contributed by atoms with E-state index in [0.29, 0.717) is 58.0 Å². The number of halogens is 1. The molecule has 3 heterocycles. The molecule has 1 aromatic carbocycles. The number of hydrogen-bond acceptors (Lipinski definition) is 6. The molecule has 1 fully saturated rings. The summed E-state index contributed by atoms with van der Waals surface area (Å²) in [6.07, 6.45) is -0.0829. The maximum absolute atomic E-state index is 13.5. The van der Waals surface area contributed by atoms with Crippen molar-refractivity contribution in [1.82, 2.24) is 19.8 Å². The van der Waals surface area contributed by atoms with Crippen molar-refractivity contribution < 1.29 is 18.8 Å². The van der Waals surface area contributed by atoms with Gasteiger partial charge in [0, 0.05) is 25.2 Å². The molecule has 0 saturated carbocycles. The molecule has 31 heavy (non-hydrogen) atoms. The minimum atomic E-state index is -0.142. The van der Waals surface area contributed by atoms with Gasteiger partial charge in [-0.3, -0.25) is 4.79 Å². The van der Waals surface area contributed by atoms with Crippen LogP contribution in [0.5, 0.6) is 11.6 Å². The lowest BCUT2D eigenvalue weighted by molar-refractivity contribution is -0.0586. The number of carbonyl (C=O) groups excluding carboxylic acids is 1. The predicted octanol–water partition coefficient (Wildman–Crippen LogP) is 4.39. The van der Waals surface area contributed by atoms with Crippen LogP contribution in [0.25, 0.3) is 11.3 Å². The average Bonchev–Trinajstić information content (AvgIpc) is 3.21. The van der Waals surface area contributed by atoms with Crippen molar-refractivity contribution in [2.45, 2.75) is 39.9 Å². The number of morpholine rings is 1. The number of ether oxygens (including phenoxy) is 2. The Labute approximate surface area is 185 Å². The smallest absolute Gasteiger partial charge is 0.259 e. The SMILES string of the molecule is Cc1nn(C)c(Oc2ccc(Cl)cc2)c1-c1noc(C)c1C(=O)N1C[C@@H](C)O[C@@H](C)C1. The van der Waals surface area contributed by atoms with Crippen molar-refractivity contribution >= 4 is 17.5 Å². The van der Waals surface area contributed by atoms with Crippen LogP contribution < -0.4 is 4.74 Å². The summed E-state index contributed by atoms with van der Waals surface area (Å²) in [6.45, 7) is 8.52. The van der Waals surface area contributed by atoms with Crippen LogP contribution in [0.2, 0.25) is 5.02 Å². The highest BCUT2D eigenvalue weighted by Gasteiger charge is 2.33. The van der Waals surface area contributed by atoms with Crippen LogP contribution in [0.15, 0.2) is 28.8 Å². The summed E-state index contributed by atoms with van der Waals surface area (Å²) in [5.41, 5.74) is 2.13. The van der Waals surface area contributed by atoms with Crippen LogP contribution in [0, 0.1) is 13.8 Å². The first-order valence-corrected chi connectivity index (χ1v) is 10.5. The van der Waals surface area contributed by atoms with E-state index in [0.717, 1.165) is 0 Å². The van der Waals surface area contributed by atoms with Crippen molar-refractivity contribution in [3.8, 4) is 22.9 Å². The zero-order chi connectivity index (χ0) is 22.3. The second-order valence-corrected chi connectivity index (χ2v) is 8.31. The molecule has 4 rings (SSSR count). The first-order chi connectivity index (χ1) is 14.7. The van der Waals surface area contributed by atoms with Gasteiger partial charge in [-0.1, -0.05) is 16.8 Å². The predicted molar refractivity (Wildman–Crippen MR) is 116 cm³/mol. The van der Waals surface area contributed by atoms with E-state index in [1.165, 1.54) is 0 Å². The van der Waals surface area contributed by atoms with E-state index < -0.39 is 0 Å². The quantitative estimate of drug-likeness (QED) is 0.593. The molecule has 2 atom stereocenters. The molecule has 0 bridgehead atoms. The number of rotatable bonds is 4. The number of carbonyl (C=O) groups is 1. The Kier molecular flexibility index (Phi) is 5.77. The molecule has 2 aromatic heterocycles. The Morgan fingerprint density at radius 2 is 1.81 bits per heavy atom. The van der Waals surface area contributed by atoms with Crippen molar-refractivity contribution in [2.24, 2.45) is 7.05 Å². The minimum absolute atomic E-state index is 0.0414. The fourth-order valence-electron chi connectivity index (χ4n) is 3.94. The topological polar surface area (TPSA) is 82.6 Å². The van der Waals surface area contributed by atoms with Gasteiger partial charge in [-0.05, 0) is 52.0 Å². The summed E-state index contributed by atoms with van der Waals surface area (Å²) in [7, 11) is 1.78. The summed E-state index contributed by atoms with van der Waals surface area (Å²) in [5, 5.41) is 9.32. The summed E-state index contributed by atoms with van der Waals surface area (Å²) in [5.74, 6) is 1.37. The van der Waals surface area contributed by atoms with Gasteiger partial charge in [0.1, 0.15) is 22.8 Å². The number of aryl methyl sites for hydroxylation is 3. The van der Waals surface area contributed by atoms with E-state index in [1.54, 1.807) is 47.8 Å². The third-order valence-electron chi connectivity index (χ3n) is 5.22. The number of amides is 1. The van der Waals surface area contributed by atoms with Crippen LogP contribution in [0.3, 0.4) is 0 Å². The molecular weight excluding hydrogens is 420 g/mol. The summed E-state index contributed by atoms with van der Waals surface area (Å²) < 4.78 is 19.0. The Morgan fingerprint density at radius 1 is 1.16 bits per heavy atom. The van der Waals surface area contributed by atoms with Crippen LogP contribution in [-0.4, -0.2) is 51.0 Å². The van der Waals surface area contributed by atoms with Gasteiger partial charge in [-0.25, -0.2) is 4.68 Å². The highest BCUT2D eigenvalue weighted by Crippen LogP contribution is 2.38. The molecule has 1 aliphatic rings.